The molecule has 0 saturated carbocycles. The third-order valence-corrected chi connectivity index (χ3v) is 3.87. The molecule has 0 aliphatic rings. The Hall–Kier alpha value is -1.82. The van der Waals surface area contributed by atoms with Crippen molar-refractivity contribution >= 4 is 33.2 Å². The summed E-state index contributed by atoms with van der Waals surface area (Å²) in [6.45, 7) is 4.46. The standard InChI is InChI=1S/C13H15BrN4O/c1-3-18-12(9(15)7-16-18)13(19)17-10-6-4-5-8(2)11(10)14/h4-7H,3,15H2,1-2H3,(H,17,19). The van der Waals surface area contributed by atoms with Crippen molar-refractivity contribution in [2.45, 2.75) is 20.4 Å². The zero-order chi connectivity index (χ0) is 14.0. The summed E-state index contributed by atoms with van der Waals surface area (Å²) in [6, 6.07) is 5.68. The topological polar surface area (TPSA) is 72.9 Å². The van der Waals surface area contributed by atoms with E-state index in [-0.39, 0.29) is 5.91 Å². The fraction of sp³-hybridized carbons (Fsp3) is 0.231. The maximum Gasteiger partial charge on any atom is 0.276 e. The van der Waals surface area contributed by atoms with Crippen molar-refractivity contribution in [2.24, 2.45) is 0 Å². The Morgan fingerprint density at radius 1 is 1.53 bits per heavy atom. The van der Waals surface area contributed by atoms with Crippen LogP contribution in [0.2, 0.25) is 0 Å². The van der Waals surface area contributed by atoms with Crippen molar-refractivity contribution in [3.63, 3.8) is 0 Å². The molecule has 1 aromatic heterocycles. The van der Waals surface area contributed by atoms with E-state index in [0.717, 1.165) is 10.0 Å². The van der Waals surface area contributed by atoms with E-state index in [1.807, 2.05) is 32.0 Å². The van der Waals surface area contributed by atoms with Crippen LogP contribution in [0.15, 0.2) is 28.9 Å². The molecule has 0 spiro atoms. The van der Waals surface area contributed by atoms with E-state index in [4.69, 9.17) is 5.73 Å². The Morgan fingerprint density at radius 3 is 2.95 bits per heavy atom. The number of rotatable bonds is 3. The molecule has 0 saturated heterocycles. The van der Waals surface area contributed by atoms with Crippen LogP contribution in [0.4, 0.5) is 11.4 Å². The Balaban J connectivity index is 2.31. The average molecular weight is 323 g/mol. The second-order valence-corrected chi connectivity index (χ2v) is 4.95. The lowest BCUT2D eigenvalue weighted by molar-refractivity contribution is 0.101. The van der Waals surface area contributed by atoms with Crippen molar-refractivity contribution < 1.29 is 4.79 Å². The zero-order valence-corrected chi connectivity index (χ0v) is 12.4. The first-order valence-corrected chi connectivity index (χ1v) is 6.71. The molecule has 0 aliphatic carbocycles. The van der Waals surface area contributed by atoms with Crippen molar-refractivity contribution in [2.75, 3.05) is 11.1 Å². The molecule has 0 fully saturated rings. The fourth-order valence-corrected chi connectivity index (χ4v) is 2.18. The summed E-state index contributed by atoms with van der Waals surface area (Å²) in [7, 11) is 0. The molecule has 1 heterocycles. The van der Waals surface area contributed by atoms with Gasteiger partial charge in [0.1, 0.15) is 5.69 Å². The molecule has 1 aromatic carbocycles. The highest BCUT2D eigenvalue weighted by Gasteiger charge is 2.17. The molecule has 3 N–H and O–H groups in total. The predicted octanol–water partition coefficient (Wildman–Crippen LogP) is 2.81. The van der Waals surface area contributed by atoms with Gasteiger partial charge in [-0.3, -0.25) is 9.48 Å². The first-order chi connectivity index (χ1) is 9.04. The first kappa shape index (κ1) is 13.6. The summed E-state index contributed by atoms with van der Waals surface area (Å²) in [5, 5.41) is 6.90. The van der Waals surface area contributed by atoms with Crippen LogP contribution in [-0.4, -0.2) is 15.7 Å². The molecule has 100 valence electrons. The molecule has 2 rings (SSSR count). The third kappa shape index (κ3) is 2.63. The Labute approximate surface area is 119 Å². The van der Waals surface area contributed by atoms with Gasteiger partial charge in [-0.2, -0.15) is 5.10 Å². The highest BCUT2D eigenvalue weighted by Crippen LogP contribution is 2.26. The molecular formula is C13H15BrN4O. The maximum atomic E-state index is 12.3. The molecule has 0 unspecified atom stereocenters. The quantitative estimate of drug-likeness (QED) is 0.912. The zero-order valence-electron chi connectivity index (χ0n) is 10.8. The number of halogens is 1. The van der Waals surface area contributed by atoms with Crippen LogP contribution in [0, 0.1) is 6.92 Å². The number of benzene rings is 1. The highest BCUT2D eigenvalue weighted by molar-refractivity contribution is 9.10. The summed E-state index contributed by atoms with van der Waals surface area (Å²) in [6.07, 6.45) is 1.49. The van der Waals surface area contributed by atoms with Crippen LogP contribution in [0.25, 0.3) is 0 Å². The molecule has 0 radical (unpaired) electrons. The molecule has 19 heavy (non-hydrogen) atoms. The third-order valence-electron chi connectivity index (χ3n) is 2.82. The van der Waals surface area contributed by atoms with Crippen LogP contribution < -0.4 is 11.1 Å². The van der Waals surface area contributed by atoms with E-state index in [9.17, 15) is 4.79 Å². The molecule has 6 heteroatoms. The van der Waals surface area contributed by atoms with Gasteiger partial charge in [-0.15, -0.1) is 0 Å². The van der Waals surface area contributed by atoms with Gasteiger partial charge in [0.25, 0.3) is 5.91 Å². The number of hydrogen-bond acceptors (Lipinski definition) is 3. The van der Waals surface area contributed by atoms with Crippen LogP contribution in [-0.2, 0) is 6.54 Å². The largest absolute Gasteiger partial charge is 0.396 e. The van der Waals surface area contributed by atoms with E-state index < -0.39 is 0 Å². The number of aromatic nitrogens is 2. The Bertz CT molecular complexity index is 621. The van der Waals surface area contributed by atoms with Crippen molar-refractivity contribution in [1.29, 1.82) is 0 Å². The number of nitrogens with zero attached hydrogens (tertiary/aromatic N) is 2. The van der Waals surface area contributed by atoms with Gasteiger partial charge in [-0.25, -0.2) is 0 Å². The van der Waals surface area contributed by atoms with E-state index in [1.54, 1.807) is 4.68 Å². The summed E-state index contributed by atoms with van der Waals surface area (Å²) in [5.74, 6) is -0.261. The fourth-order valence-electron chi connectivity index (χ4n) is 1.81. The van der Waals surface area contributed by atoms with Crippen molar-refractivity contribution in [1.82, 2.24) is 9.78 Å². The molecule has 0 atom stereocenters. The van der Waals surface area contributed by atoms with Crippen LogP contribution in [0.3, 0.4) is 0 Å². The van der Waals surface area contributed by atoms with Gasteiger partial charge < -0.3 is 11.1 Å². The van der Waals surface area contributed by atoms with Gasteiger partial charge >= 0.3 is 0 Å². The molecule has 2 aromatic rings. The lowest BCUT2D eigenvalue weighted by Gasteiger charge is -2.10. The van der Waals surface area contributed by atoms with Gasteiger partial charge in [-0.1, -0.05) is 12.1 Å². The van der Waals surface area contributed by atoms with Gasteiger partial charge in [-0.05, 0) is 41.4 Å². The monoisotopic (exact) mass is 322 g/mol. The Morgan fingerprint density at radius 2 is 2.26 bits per heavy atom. The number of amides is 1. The second kappa shape index (κ2) is 5.44. The Kier molecular flexibility index (Phi) is 3.90. The number of carbonyl (C=O) groups excluding carboxylic acids is 1. The number of hydrogen-bond donors (Lipinski definition) is 2. The maximum absolute atomic E-state index is 12.3. The number of carbonyl (C=O) groups is 1. The van der Waals surface area contributed by atoms with Gasteiger partial charge in [0, 0.05) is 11.0 Å². The van der Waals surface area contributed by atoms with E-state index in [0.29, 0.717) is 23.6 Å². The lowest BCUT2D eigenvalue weighted by Crippen LogP contribution is -2.19. The number of anilines is 2. The molecular weight excluding hydrogens is 308 g/mol. The number of nitrogens with one attached hydrogen (secondary N) is 1. The highest BCUT2D eigenvalue weighted by atomic mass is 79.9. The summed E-state index contributed by atoms with van der Waals surface area (Å²) >= 11 is 3.46. The van der Waals surface area contributed by atoms with E-state index in [1.165, 1.54) is 6.20 Å². The molecule has 0 bridgehead atoms. The van der Waals surface area contributed by atoms with Gasteiger partial charge in [0.05, 0.1) is 17.6 Å². The van der Waals surface area contributed by atoms with Crippen LogP contribution in [0.1, 0.15) is 23.0 Å². The molecule has 5 nitrogen and oxygen atoms in total. The van der Waals surface area contributed by atoms with Crippen molar-refractivity contribution in [3.8, 4) is 0 Å². The van der Waals surface area contributed by atoms with Gasteiger partial charge in [0.2, 0.25) is 0 Å². The first-order valence-electron chi connectivity index (χ1n) is 5.92. The SMILES string of the molecule is CCn1ncc(N)c1C(=O)Nc1cccc(C)c1Br. The number of aryl methyl sites for hydroxylation is 2. The van der Waals surface area contributed by atoms with E-state index in [2.05, 4.69) is 26.3 Å². The van der Waals surface area contributed by atoms with Crippen LogP contribution >= 0.6 is 15.9 Å². The van der Waals surface area contributed by atoms with Crippen LogP contribution in [0.5, 0.6) is 0 Å². The minimum atomic E-state index is -0.261. The number of nitrogens with two attached hydrogens (primary N) is 1. The van der Waals surface area contributed by atoms with Gasteiger partial charge in [0.15, 0.2) is 0 Å². The van der Waals surface area contributed by atoms with E-state index >= 15 is 0 Å². The minimum Gasteiger partial charge on any atom is -0.396 e. The predicted molar refractivity (Wildman–Crippen MR) is 79.1 cm³/mol. The second-order valence-electron chi connectivity index (χ2n) is 4.15. The summed E-state index contributed by atoms with van der Waals surface area (Å²) in [4.78, 5) is 12.3. The number of nitrogen functional groups attached to an aromatic ring is 1. The smallest absolute Gasteiger partial charge is 0.276 e. The summed E-state index contributed by atoms with van der Waals surface area (Å²) < 4.78 is 2.44. The molecule has 0 aliphatic heterocycles. The minimum absolute atomic E-state index is 0.261. The molecule has 1 amide bonds. The summed E-state index contributed by atoms with van der Waals surface area (Å²) in [5.41, 5.74) is 8.31. The average Bonchev–Trinajstić information content (AvgIpc) is 2.76. The van der Waals surface area contributed by atoms with Crippen molar-refractivity contribution in [3.05, 3.63) is 40.1 Å². The normalized spacial score (nSPS) is 10.5. The lowest BCUT2D eigenvalue weighted by atomic mass is 10.2.